The van der Waals surface area contributed by atoms with Crippen LogP contribution in [-0.4, -0.2) is 61.7 Å². The minimum Gasteiger partial charge on any atom is -0.493 e. The lowest BCUT2D eigenvalue weighted by Crippen LogP contribution is -2.34. The second-order valence-electron chi connectivity index (χ2n) is 7.16. The molecule has 4 atom stereocenters. The van der Waals surface area contributed by atoms with E-state index in [4.69, 9.17) is 15.2 Å². The first-order chi connectivity index (χ1) is 11.5. The van der Waals surface area contributed by atoms with E-state index in [-0.39, 0.29) is 24.1 Å². The topological polar surface area (TPSA) is 157 Å². The Kier molecular flexibility index (Phi) is 5.35. The molecule has 0 bridgehead atoms. The minimum absolute atomic E-state index is 0.187. The zero-order chi connectivity index (χ0) is 18.9. The van der Waals surface area contributed by atoms with Gasteiger partial charge in [0.2, 0.25) is 5.88 Å². The number of amides is 1. The number of nitrogens with two attached hydrogens (primary N) is 1. The van der Waals surface area contributed by atoms with Gasteiger partial charge in [-0.1, -0.05) is 20.8 Å². The summed E-state index contributed by atoms with van der Waals surface area (Å²) in [6, 6.07) is 0. The van der Waals surface area contributed by atoms with Crippen LogP contribution < -0.4 is 5.73 Å². The van der Waals surface area contributed by atoms with E-state index in [0.717, 1.165) is 10.9 Å². The Bertz CT molecular complexity index is 652. The molecule has 0 saturated carbocycles. The molecule has 25 heavy (non-hydrogen) atoms. The normalized spacial score (nSPS) is 26.6. The Morgan fingerprint density at radius 1 is 1.36 bits per heavy atom. The molecule has 2 rings (SSSR count). The van der Waals surface area contributed by atoms with E-state index >= 15 is 0 Å². The molecule has 10 heteroatoms. The molecule has 1 amide bonds. The van der Waals surface area contributed by atoms with E-state index in [0.29, 0.717) is 0 Å². The fraction of sp³-hybridized carbons (Fsp3) is 0.667. The minimum atomic E-state index is -1.42. The third kappa shape index (κ3) is 4.27. The molecule has 0 spiro atoms. The number of imidazole rings is 1. The van der Waals surface area contributed by atoms with Crippen molar-refractivity contribution in [2.24, 2.45) is 11.1 Å². The summed E-state index contributed by atoms with van der Waals surface area (Å²) in [6.07, 6.45) is -3.74. The van der Waals surface area contributed by atoms with Gasteiger partial charge >= 0.3 is 5.97 Å². The SMILES string of the molecule is CC(C)(C)CC(=O)OCC1OC(n2cnc(C(N)=O)c2O)C(O)C1O. The number of nitrogens with zero attached hydrogens (tertiary/aromatic N) is 2. The average Bonchev–Trinajstić information content (AvgIpc) is 2.97. The zero-order valence-electron chi connectivity index (χ0n) is 14.2. The van der Waals surface area contributed by atoms with E-state index in [1.807, 2.05) is 20.8 Å². The Morgan fingerprint density at radius 3 is 2.52 bits per heavy atom. The number of carbonyl (C=O) groups excluding carboxylic acids is 2. The van der Waals surface area contributed by atoms with Crippen molar-refractivity contribution in [3.05, 3.63) is 12.0 Å². The molecule has 1 aliphatic heterocycles. The fourth-order valence-electron chi connectivity index (χ4n) is 2.47. The summed E-state index contributed by atoms with van der Waals surface area (Å²) < 4.78 is 11.5. The summed E-state index contributed by atoms with van der Waals surface area (Å²) in [5, 5.41) is 30.1. The Balaban J connectivity index is 2.03. The molecule has 10 nitrogen and oxygen atoms in total. The van der Waals surface area contributed by atoms with Crippen molar-refractivity contribution in [1.82, 2.24) is 9.55 Å². The van der Waals surface area contributed by atoms with Crippen LogP contribution in [0, 0.1) is 5.41 Å². The lowest BCUT2D eigenvalue weighted by molar-refractivity contribution is -0.152. The van der Waals surface area contributed by atoms with E-state index in [2.05, 4.69) is 4.98 Å². The van der Waals surface area contributed by atoms with Crippen molar-refractivity contribution in [2.75, 3.05) is 6.61 Å². The number of hydrogen-bond acceptors (Lipinski definition) is 8. The Hall–Kier alpha value is -2.17. The van der Waals surface area contributed by atoms with Gasteiger partial charge in [-0.05, 0) is 5.41 Å². The van der Waals surface area contributed by atoms with Gasteiger partial charge in [-0.2, -0.15) is 0 Å². The van der Waals surface area contributed by atoms with Crippen molar-refractivity contribution in [1.29, 1.82) is 0 Å². The van der Waals surface area contributed by atoms with E-state index in [1.165, 1.54) is 0 Å². The molecule has 2 heterocycles. The molecule has 0 aromatic carbocycles. The number of rotatable bonds is 5. The van der Waals surface area contributed by atoms with Crippen molar-refractivity contribution >= 4 is 11.9 Å². The number of hydrogen-bond donors (Lipinski definition) is 4. The standard InChI is InChI=1S/C15H23N3O7/c1-15(2,3)4-8(19)24-5-7-10(20)11(21)14(25-7)18-6-17-9(12(16)22)13(18)23/h6-7,10-11,14,20-21,23H,4-5H2,1-3H3,(H2,16,22). The van der Waals surface area contributed by atoms with Crippen LogP contribution in [0.1, 0.15) is 43.9 Å². The molecule has 1 aliphatic rings. The van der Waals surface area contributed by atoms with E-state index in [9.17, 15) is 24.9 Å². The van der Waals surface area contributed by atoms with Gasteiger partial charge in [0.25, 0.3) is 5.91 Å². The number of primary amides is 1. The van der Waals surface area contributed by atoms with Crippen molar-refractivity contribution < 1.29 is 34.4 Å². The third-order valence-electron chi connectivity index (χ3n) is 3.70. The molecule has 0 aliphatic carbocycles. The van der Waals surface area contributed by atoms with Gasteiger partial charge in [0, 0.05) is 0 Å². The third-order valence-corrected chi connectivity index (χ3v) is 3.70. The number of aliphatic hydroxyl groups is 2. The van der Waals surface area contributed by atoms with E-state index < -0.39 is 42.3 Å². The first-order valence-electron chi connectivity index (χ1n) is 7.74. The molecule has 5 N–H and O–H groups in total. The first-order valence-corrected chi connectivity index (χ1v) is 7.74. The lowest BCUT2D eigenvalue weighted by atomic mass is 9.92. The van der Waals surface area contributed by atoms with Crippen molar-refractivity contribution in [3.8, 4) is 5.88 Å². The fourth-order valence-corrected chi connectivity index (χ4v) is 2.47. The molecule has 140 valence electrons. The predicted octanol–water partition coefficient (Wildman–Crippen LogP) is -0.714. The smallest absolute Gasteiger partial charge is 0.306 e. The van der Waals surface area contributed by atoms with Gasteiger partial charge in [0.15, 0.2) is 11.9 Å². The molecule has 1 fully saturated rings. The van der Waals surface area contributed by atoms with Crippen molar-refractivity contribution in [2.45, 2.75) is 51.7 Å². The van der Waals surface area contributed by atoms with Crippen LogP contribution >= 0.6 is 0 Å². The van der Waals surface area contributed by atoms with Crippen LogP contribution in [-0.2, 0) is 14.3 Å². The molecule has 1 aromatic rings. The monoisotopic (exact) mass is 357 g/mol. The van der Waals surface area contributed by atoms with Crippen LogP contribution in [0.25, 0.3) is 0 Å². The lowest BCUT2D eigenvalue weighted by Gasteiger charge is -2.19. The number of aromatic nitrogens is 2. The maximum absolute atomic E-state index is 11.8. The number of aliphatic hydroxyl groups excluding tert-OH is 2. The second-order valence-corrected chi connectivity index (χ2v) is 7.16. The summed E-state index contributed by atoms with van der Waals surface area (Å²) in [4.78, 5) is 26.5. The Labute approximate surface area is 144 Å². The van der Waals surface area contributed by atoms with Gasteiger partial charge < -0.3 is 30.5 Å². The summed E-state index contributed by atoms with van der Waals surface area (Å²) in [5.41, 5.74) is 4.43. The summed E-state index contributed by atoms with van der Waals surface area (Å²) >= 11 is 0. The summed E-state index contributed by atoms with van der Waals surface area (Å²) in [6.45, 7) is 5.38. The van der Waals surface area contributed by atoms with Crippen molar-refractivity contribution in [3.63, 3.8) is 0 Å². The number of aromatic hydroxyl groups is 1. The number of esters is 1. The molecule has 1 saturated heterocycles. The quantitative estimate of drug-likeness (QED) is 0.503. The largest absolute Gasteiger partial charge is 0.493 e. The number of ether oxygens (including phenoxy) is 2. The van der Waals surface area contributed by atoms with Crippen LogP contribution in [0.5, 0.6) is 5.88 Å². The molecule has 4 unspecified atom stereocenters. The zero-order valence-corrected chi connectivity index (χ0v) is 14.2. The highest BCUT2D eigenvalue weighted by Crippen LogP contribution is 2.33. The Morgan fingerprint density at radius 2 is 2.00 bits per heavy atom. The maximum atomic E-state index is 11.8. The van der Waals surface area contributed by atoms with Gasteiger partial charge in [-0.3, -0.25) is 14.2 Å². The molecular weight excluding hydrogens is 334 g/mol. The molecule has 1 aromatic heterocycles. The average molecular weight is 357 g/mol. The first kappa shape index (κ1) is 19.2. The van der Waals surface area contributed by atoms with E-state index in [1.54, 1.807) is 0 Å². The van der Waals surface area contributed by atoms with Crippen LogP contribution in [0.3, 0.4) is 0 Å². The molecule has 0 radical (unpaired) electrons. The van der Waals surface area contributed by atoms with Gasteiger partial charge in [0.05, 0.1) is 6.42 Å². The van der Waals surface area contributed by atoms with Gasteiger partial charge in [0.1, 0.15) is 31.2 Å². The predicted molar refractivity (Wildman–Crippen MR) is 83.4 cm³/mol. The summed E-state index contributed by atoms with van der Waals surface area (Å²) in [5.74, 6) is -1.99. The second kappa shape index (κ2) is 6.98. The van der Waals surface area contributed by atoms with Crippen LogP contribution in [0.15, 0.2) is 6.33 Å². The molecular formula is C15H23N3O7. The van der Waals surface area contributed by atoms with Crippen LogP contribution in [0.2, 0.25) is 0 Å². The highest BCUT2D eigenvalue weighted by atomic mass is 16.6. The highest BCUT2D eigenvalue weighted by molar-refractivity contribution is 5.93. The summed E-state index contributed by atoms with van der Waals surface area (Å²) in [7, 11) is 0. The van der Waals surface area contributed by atoms with Crippen LogP contribution in [0.4, 0.5) is 0 Å². The van der Waals surface area contributed by atoms with Gasteiger partial charge in [-0.25, -0.2) is 4.98 Å². The van der Waals surface area contributed by atoms with Gasteiger partial charge in [-0.15, -0.1) is 0 Å². The maximum Gasteiger partial charge on any atom is 0.306 e. The number of carbonyl (C=O) groups is 2. The highest BCUT2D eigenvalue weighted by Gasteiger charge is 2.45.